The van der Waals surface area contributed by atoms with Crippen LogP contribution in [0.2, 0.25) is 0 Å². The molecule has 6 nitrogen and oxygen atoms in total. The monoisotopic (exact) mass is 362 g/mol. The molecule has 3 aromatic heterocycles. The van der Waals surface area contributed by atoms with Crippen molar-refractivity contribution in [2.24, 2.45) is 0 Å². The van der Waals surface area contributed by atoms with Crippen LogP contribution in [0.15, 0.2) is 55.2 Å². The predicted molar refractivity (Wildman–Crippen MR) is 107 cm³/mol. The van der Waals surface area contributed by atoms with Gasteiger partial charge in [0.2, 0.25) is 0 Å². The maximum Gasteiger partial charge on any atom is 0.151 e. The van der Waals surface area contributed by atoms with Gasteiger partial charge >= 0.3 is 0 Å². The molecule has 0 bridgehead atoms. The standard InChI is InChI=1S/C19H20BFN6/c20-15-12-24-27-18(23-7-3-4-9-26-10-8-22-13-26)11-17(25-19(15)27)14-5-1-2-6-16(14)21/h1-2,5-6,8,10-13,23H,3-4,7,9,20H2. The van der Waals surface area contributed by atoms with Crippen LogP contribution >= 0.6 is 0 Å². The van der Waals surface area contributed by atoms with Gasteiger partial charge < -0.3 is 9.88 Å². The SMILES string of the molecule is Bc1cnn2c(NCCCCn3ccnc3)cc(-c3ccccc3F)nc12. The Morgan fingerprint density at radius 1 is 1.19 bits per heavy atom. The average Bonchev–Trinajstić information content (AvgIpc) is 3.32. The number of aryl methyl sites for hydroxylation is 1. The topological polar surface area (TPSA) is 60.0 Å². The second-order valence-corrected chi connectivity index (χ2v) is 6.50. The fourth-order valence-corrected chi connectivity index (χ4v) is 3.06. The summed E-state index contributed by atoms with van der Waals surface area (Å²) in [6, 6.07) is 8.55. The first-order valence-electron chi connectivity index (χ1n) is 9.02. The molecule has 4 aromatic rings. The summed E-state index contributed by atoms with van der Waals surface area (Å²) >= 11 is 0. The summed E-state index contributed by atoms with van der Waals surface area (Å²) in [6.45, 7) is 1.73. The highest BCUT2D eigenvalue weighted by Crippen LogP contribution is 2.24. The van der Waals surface area contributed by atoms with Gasteiger partial charge in [-0.3, -0.25) is 0 Å². The zero-order chi connectivity index (χ0) is 18.6. The quantitative estimate of drug-likeness (QED) is 0.403. The summed E-state index contributed by atoms with van der Waals surface area (Å²) in [5, 5.41) is 7.82. The van der Waals surface area contributed by atoms with Crippen LogP contribution in [0.3, 0.4) is 0 Å². The van der Waals surface area contributed by atoms with Crippen molar-refractivity contribution in [3.05, 3.63) is 61.1 Å². The Hall–Kier alpha value is -3.16. The minimum atomic E-state index is -0.280. The maximum absolute atomic E-state index is 14.2. The molecule has 0 aliphatic carbocycles. The molecule has 1 aromatic carbocycles. The van der Waals surface area contributed by atoms with Crippen molar-refractivity contribution >= 4 is 24.8 Å². The molecule has 27 heavy (non-hydrogen) atoms. The van der Waals surface area contributed by atoms with Gasteiger partial charge in [-0.2, -0.15) is 9.61 Å². The molecule has 0 saturated carbocycles. The molecule has 0 amide bonds. The minimum absolute atomic E-state index is 0.280. The Bertz CT molecular complexity index is 1040. The Balaban J connectivity index is 1.53. The third-order valence-corrected chi connectivity index (χ3v) is 4.51. The Kier molecular flexibility index (Phi) is 4.87. The van der Waals surface area contributed by atoms with Crippen molar-refractivity contribution in [3.63, 3.8) is 0 Å². The largest absolute Gasteiger partial charge is 0.370 e. The lowest BCUT2D eigenvalue weighted by molar-refractivity contribution is 0.620. The number of anilines is 1. The van der Waals surface area contributed by atoms with Crippen LogP contribution in [0.5, 0.6) is 0 Å². The van der Waals surface area contributed by atoms with E-state index in [1.54, 1.807) is 29.0 Å². The molecule has 4 rings (SSSR count). The molecule has 0 radical (unpaired) electrons. The Morgan fingerprint density at radius 3 is 2.89 bits per heavy atom. The number of fused-ring (bicyclic) bond motifs is 1. The van der Waals surface area contributed by atoms with Crippen LogP contribution in [0, 0.1) is 5.82 Å². The first kappa shape index (κ1) is 17.3. The number of halogens is 1. The van der Waals surface area contributed by atoms with E-state index < -0.39 is 0 Å². The molecule has 136 valence electrons. The van der Waals surface area contributed by atoms with Crippen molar-refractivity contribution in [1.29, 1.82) is 0 Å². The fraction of sp³-hybridized carbons (Fsp3) is 0.211. The molecule has 0 atom stereocenters. The maximum atomic E-state index is 14.2. The van der Waals surface area contributed by atoms with Crippen molar-refractivity contribution in [2.45, 2.75) is 19.4 Å². The number of nitrogens with one attached hydrogen (secondary N) is 1. The zero-order valence-corrected chi connectivity index (χ0v) is 15.1. The normalized spacial score (nSPS) is 11.1. The van der Waals surface area contributed by atoms with Gasteiger partial charge in [0, 0.05) is 43.3 Å². The Morgan fingerprint density at radius 2 is 2.07 bits per heavy atom. The third kappa shape index (κ3) is 3.69. The molecule has 8 heteroatoms. The van der Waals surface area contributed by atoms with Crippen molar-refractivity contribution in [1.82, 2.24) is 24.1 Å². The minimum Gasteiger partial charge on any atom is -0.370 e. The van der Waals surface area contributed by atoms with Gasteiger partial charge in [0.15, 0.2) is 5.65 Å². The summed E-state index contributed by atoms with van der Waals surface area (Å²) in [5.74, 6) is 0.534. The van der Waals surface area contributed by atoms with E-state index >= 15 is 0 Å². The molecule has 0 fully saturated rings. The second-order valence-electron chi connectivity index (χ2n) is 6.50. The number of benzene rings is 1. The third-order valence-electron chi connectivity index (χ3n) is 4.51. The molecule has 0 unspecified atom stereocenters. The van der Waals surface area contributed by atoms with Crippen molar-refractivity contribution < 1.29 is 4.39 Å². The number of hydrogen-bond donors (Lipinski definition) is 1. The Labute approximate surface area is 157 Å². The highest BCUT2D eigenvalue weighted by molar-refractivity contribution is 6.36. The van der Waals surface area contributed by atoms with Gasteiger partial charge in [0.1, 0.15) is 19.5 Å². The lowest BCUT2D eigenvalue weighted by Gasteiger charge is -2.11. The van der Waals surface area contributed by atoms with E-state index in [1.807, 2.05) is 32.5 Å². The number of rotatable bonds is 7. The summed E-state index contributed by atoms with van der Waals surface area (Å²) in [4.78, 5) is 8.66. The highest BCUT2D eigenvalue weighted by Gasteiger charge is 2.12. The number of imidazole rings is 1. The van der Waals surface area contributed by atoms with Crippen molar-refractivity contribution in [2.75, 3.05) is 11.9 Å². The fourth-order valence-electron chi connectivity index (χ4n) is 3.06. The molecule has 0 spiro atoms. The number of hydrogen-bond acceptors (Lipinski definition) is 4. The lowest BCUT2D eigenvalue weighted by atomic mass is 10.0. The van der Waals surface area contributed by atoms with Crippen LogP contribution in [0.1, 0.15) is 12.8 Å². The molecule has 1 N–H and O–H groups in total. The van der Waals surface area contributed by atoms with E-state index in [1.165, 1.54) is 6.07 Å². The average molecular weight is 362 g/mol. The molecular formula is C19H20BFN6. The first-order chi connectivity index (χ1) is 13.2. The number of unbranched alkanes of at least 4 members (excludes halogenated alkanes) is 1. The van der Waals surface area contributed by atoms with Crippen LogP contribution in [-0.4, -0.2) is 38.5 Å². The van der Waals surface area contributed by atoms with Gasteiger partial charge in [-0.15, -0.1) is 0 Å². The number of aromatic nitrogens is 5. The second kappa shape index (κ2) is 7.61. The van der Waals surface area contributed by atoms with E-state index in [-0.39, 0.29) is 5.82 Å². The summed E-state index contributed by atoms with van der Waals surface area (Å²) in [7, 11) is 1.95. The van der Waals surface area contributed by atoms with Gasteiger partial charge in [-0.1, -0.05) is 12.1 Å². The first-order valence-corrected chi connectivity index (χ1v) is 9.02. The van der Waals surface area contributed by atoms with Crippen LogP contribution in [0.4, 0.5) is 10.2 Å². The van der Waals surface area contributed by atoms with E-state index in [0.29, 0.717) is 11.3 Å². The zero-order valence-electron chi connectivity index (χ0n) is 15.1. The van der Waals surface area contributed by atoms with Crippen molar-refractivity contribution in [3.8, 4) is 11.3 Å². The van der Waals surface area contributed by atoms with Gasteiger partial charge in [0.05, 0.1) is 12.0 Å². The van der Waals surface area contributed by atoms with Crippen LogP contribution in [-0.2, 0) is 6.54 Å². The van der Waals surface area contributed by atoms with E-state index in [0.717, 1.165) is 42.9 Å². The lowest BCUT2D eigenvalue weighted by Crippen LogP contribution is -2.11. The van der Waals surface area contributed by atoms with E-state index in [9.17, 15) is 4.39 Å². The molecule has 3 heterocycles. The molecule has 0 aliphatic rings. The number of nitrogens with zero attached hydrogens (tertiary/aromatic N) is 5. The molecule has 0 aliphatic heterocycles. The van der Waals surface area contributed by atoms with Gasteiger partial charge in [-0.25, -0.2) is 14.4 Å². The molecular weight excluding hydrogens is 342 g/mol. The van der Waals surface area contributed by atoms with E-state index in [4.69, 9.17) is 0 Å². The summed E-state index contributed by atoms with van der Waals surface area (Å²) in [6.07, 6.45) is 9.39. The van der Waals surface area contributed by atoms with Crippen LogP contribution < -0.4 is 10.8 Å². The van der Waals surface area contributed by atoms with E-state index in [2.05, 4.69) is 25.0 Å². The van der Waals surface area contributed by atoms with Crippen LogP contribution in [0.25, 0.3) is 16.9 Å². The van der Waals surface area contributed by atoms with Gasteiger partial charge in [-0.05, 0) is 30.4 Å². The summed E-state index contributed by atoms with van der Waals surface area (Å²) in [5.41, 5.74) is 2.78. The highest BCUT2D eigenvalue weighted by atomic mass is 19.1. The smallest absolute Gasteiger partial charge is 0.151 e. The molecule has 0 saturated heterocycles. The summed E-state index contributed by atoms with van der Waals surface area (Å²) < 4.78 is 18.1. The predicted octanol–water partition coefficient (Wildman–Crippen LogP) is 1.88. The van der Waals surface area contributed by atoms with Gasteiger partial charge in [0.25, 0.3) is 0 Å².